The van der Waals surface area contributed by atoms with Crippen LogP contribution in [0.3, 0.4) is 0 Å². The van der Waals surface area contributed by atoms with Gasteiger partial charge in [0.15, 0.2) is 0 Å². The van der Waals surface area contributed by atoms with Crippen molar-refractivity contribution in [3.63, 3.8) is 0 Å². The van der Waals surface area contributed by atoms with Crippen LogP contribution in [0.5, 0.6) is 0 Å². The maximum absolute atomic E-state index is 12.4. The molecule has 2 unspecified atom stereocenters. The summed E-state index contributed by atoms with van der Waals surface area (Å²) < 4.78 is 0. The summed E-state index contributed by atoms with van der Waals surface area (Å²) in [7, 11) is 1.65. The van der Waals surface area contributed by atoms with Crippen LogP contribution in [-0.4, -0.2) is 19.4 Å². The van der Waals surface area contributed by atoms with E-state index in [1.807, 2.05) is 30.3 Å². The first-order valence-electron chi connectivity index (χ1n) is 9.60. The van der Waals surface area contributed by atoms with Crippen molar-refractivity contribution in [1.29, 1.82) is 0 Å². The van der Waals surface area contributed by atoms with Crippen LogP contribution in [0.15, 0.2) is 42.5 Å². The summed E-state index contributed by atoms with van der Waals surface area (Å²) in [5.74, 6) is -0.183. The lowest BCUT2D eigenvalue weighted by Crippen LogP contribution is -2.28. The third kappa shape index (κ3) is 6.76. The number of anilines is 1. The number of carbonyl (C=O) groups excluding carboxylic acids is 2. The predicted octanol–water partition coefficient (Wildman–Crippen LogP) is 5.88. The molecule has 0 bridgehead atoms. The Morgan fingerprint density at radius 3 is 2.38 bits per heavy atom. The Balaban J connectivity index is 2.68. The molecule has 0 aliphatic heterocycles. The molecule has 2 amide bonds. The van der Waals surface area contributed by atoms with E-state index in [9.17, 15) is 9.59 Å². The molecular formula is C23H28Cl2N2O2. The van der Waals surface area contributed by atoms with Gasteiger partial charge in [0.2, 0.25) is 12.3 Å². The summed E-state index contributed by atoms with van der Waals surface area (Å²) in [6, 6.07) is 13.1. The fourth-order valence-corrected chi connectivity index (χ4v) is 4.20. The first-order valence-corrected chi connectivity index (χ1v) is 10.4. The monoisotopic (exact) mass is 434 g/mol. The van der Waals surface area contributed by atoms with Crippen LogP contribution in [0, 0.1) is 11.3 Å². The van der Waals surface area contributed by atoms with Crippen molar-refractivity contribution in [2.24, 2.45) is 11.3 Å². The van der Waals surface area contributed by atoms with Crippen molar-refractivity contribution in [3.8, 4) is 0 Å². The van der Waals surface area contributed by atoms with Gasteiger partial charge in [-0.25, -0.2) is 0 Å². The van der Waals surface area contributed by atoms with Crippen molar-refractivity contribution < 1.29 is 9.59 Å². The third-order valence-corrected chi connectivity index (χ3v) is 5.32. The molecule has 2 atom stereocenters. The van der Waals surface area contributed by atoms with E-state index in [1.165, 1.54) is 0 Å². The molecule has 0 fully saturated rings. The van der Waals surface area contributed by atoms with Crippen molar-refractivity contribution in [1.82, 2.24) is 5.32 Å². The first-order chi connectivity index (χ1) is 13.6. The Kier molecular flexibility index (Phi) is 8.12. The zero-order valence-electron chi connectivity index (χ0n) is 17.3. The highest BCUT2D eigenvalue weighted by Crippen LogP contribution is 2.44. The Hall–Kier alpha value is -2.04. The van der Waals surface area contributed by atoms with Gasteiger partial charge in [-0.05, 0) is 53.1 Å². The van der Waals surface area contributed by atoms with Gasteiger partial charge in [-0.15, -0.1) is 0 Å². The molecule has 0 aliphatic carbocycles. The second kappa shape index (κ2) is 10.1. The number of hydrogen-bond donors (Lipinski definition) is 2. The molecule has 0 radical (unpaired) electrons. The summed E-state index contributed by atoms with van der Waals surface area (Å²) >= 11 is 12.5. The van der Waals surface area contributed by atoms with Gasteiger partial charge in [-0.1, -0.05) is 62.2 Å². The standard InChI is InChI=1S/C23H28Cl2N2O2/c1-23(2,3)13-16(11-21(29)26-4)22(15-6-5-7-17(24)10-15)19-9-8-18(25)12-20(19)27-14-28/h5-10,12,14,16,22H,11,13H2,1-4H3,(H,26,29)(H,27,28). The van der Waals surface area contributed by atoms with Crippen LogP contribution >= 0.6 is 23.2 Å². The van der Waals surface area contributed by atoms with E-state index in [0.717, 1.165) is 17.5 Å². The molecule has 156 valence electrons. The molecule has 0 aromatic heterocycles. The number of rotatable bonds is 8. The summed E-state index contributed by atoms with van der Waals surface area (Å²) in [5.41, 5.74) is 2.53. The SMILES string of the molecule is CNC(=O)CC(CC(C)(C)C)C(c1cccc(Cl)c1)c1ccc(Cl)cc1NC=O. The number of hydrogen-bond acceptors (Lipinski definition) is 2. The average Bonchev–Trinajstić information content (AvgIpc) is 2.62. The molecule has 0 spiro atoms. The number of nitrogens with one attached hydrogen (secondary N) is 2. The van der Waals surface area contributed by atoms with Gasteiger partial charge in [0.1, 0.15) is 0 Å². The van der Waals surface area contributed by atoms with Gasteiger partial charge in [0.25, 0.3) is 0 Å². The lowest BCUT2D eigenvalue weighted by molar-refractivity contribution is -0.121. The van der Waals surface area contributed by atoms with Crippen LogP contribution in [0.2, 0.25) is 10.0 Å². The quantitative estimate of drug-likeness (QED) is 0.509. The Morgan fingerprint density at radius 1 is 1.10 bits per heavy atom. The van der Waals surface area contributed by atoms with E-state index in [0.29, 0.717) is 28.6 Å². The number of halogens is 2. The Bertz CT molecular complexity index is 862. The summed E-state index contributed by atoms with van der Waals surface area (Å²) in [6.45, 7) is 6.47. The minimum Gasteiger partial charge on any atom is -0.359 e. The molecule has 0 saturated heterocycles. The molecule has 4 nitrogen and oxygen atoms in total. The lowest BCUT2D eigenvalue weighted by atomic mass is 9.71. The van der Waals surface area contributed by atoms with Gasteiger partial charge in [0, 0.05) is 35.1 Å². The molecule has 2 aromatic rings. The van der Waals surface area contributed by atoms with E-state index in [4.69, 9.17) is 23.2 Å². The smallest absolute Gasteiger partial charge is 0.220 e. The minimum atomic E-state index is -0.148. The van der Waals surface area contributed by atoms with Gasteiger partial charge in [-0.3, -0.25) is 9.59 Å². The van der Waals surface area contributed by atoms with Gasteiger partial charge in [-0.2, -0.15) is 0 Å². The second-order valence-electron chi connectivity index (χ2n) is 8.43. The van der Waals surface area contributed by atoms with Crippen molar-refractivity contribution in [2.75, 3.05) is 12.4 Å². The largest absolute Gasteiger partial charge is 0.359 e. The molecule has 2 aromatic carbocycles. The van der Waals surface area contributed by atoms with Crippen LogP contribution in [0.4, 0.5) is 5.69 Å². The third-order valence-electron chi connectivity index (χ3n) is 4.85. The molecular weight excluding hydrogens is 407 g/mol. The van der Waals surface area contributed by atoms with Crippen LogP contribution in [0.1, 0.15) is 50.7 Å². The minimum absolute atomic E-state index is 0.000188. The van der Waals surface area contributed by atoms with E-state index in [-0.39, 0.29) is 23.2 Å². The zero-order chi connectivity index (χ0) is 21.6. The fraction of sp³-hybridized carbons (Fsp3) is 0.391. The molecule has 2 rings (SSSR count). The van der Waals surface area contributed by atoms with Gasteiger partial charge >= 0.3 is 0 Å². The number of amides is 2. The Morgan fingerprint density at radius 2 is 1.79 bits per heavy atom. The topological polar surface area (TPSA) is 58.2 Å². The average molecular weight is 435 g/mol. The van der Waals surface area contributed by atoms with E-state index < -0.39 is 0 Å². The van der Waals surface area contributed by atoms with Crippen molar-refractivity contribution in [3.05, 3.63) is 63.6 Å². The van der Waals surface area contributed by atoms with E-state index in [2.05, 4.69) is 31.4 Å². The molecule has 2 N–H and O–H groups in total. The van der Waals surface area contributed by atoms with Crippen LogP contribution in [-0.2, 0) is 9.59 Å². The maximum atomic E-state index is 12.4. The van der Waals surface area contributed by atoms with E-state index in [1.54, 1.807) is 19.2 Å². The van der Waals surface area contributed by atoms with Gasteiger partial charge < -0.3 is 10.6 Å². The maximum Gasteiger partial charge on any atom is 0.220 e. The first kappa shape index (κ1) is 23.2. The summed E-state index contributed by atoms with van der Waals surface area (Å²) in [6.07, 6.45) is 1.80. The van der Waals surface area contributed by atoms with Crippen LogP contribution < -0.4 is 10.6 Å². The lowest BCUT2D eigenvalue weighted by Gasteiger charge is -2.34. The highest BCUT2D eigenvalue weighted by atomic mass is 35.5. The number of benzene rings is 2. The molecule has 0 aliphatic rings. The molecule has 29 heavy (non-hydrogen) atoms. The summed E-state index contributed by atoms with van der Waals surface area (Å²) in [5, 5.41) is 6.66. The van der Waals surface area contributed by atoms with Gasteiger partial charge in [0.05, 0.1) is 0 Å². The molecule has 0 saturated carbocycles. The fourth-order valence-electron chi connectivity index (χ4n) is 3.83. The highest BCUT2D eigenvalue weighted by Gasteiger charge is 2.32. The number of carbonyl (C=O) groups is 2. The summed E-state index contributed by atoms with van der Waals surface area (Å²) in [4.78, 5) is 23.6. The normalized spacial score (nSPS) is 13.4. The second-order valence-corrected chi connectivity index (χ2v) is 9.30. The molecule has 6 heteroatoms. The van der Waals surface area contributed by atoms with Crippen molar-refractivity contribution in [2.45, 2.75) is 39.5 Å². The molecule has 0 heterocycles. The predicted molar refractivity (Wildman–Crippen MR) is 121 cm³/mol. The van der Waals surface area contributed by atoms with Crippen molar-refractivity contribution >= 4 is 41.2 Å². The van der Waals surface area contributed by atoms with E-state index >= 15 is 0 Å². The zero-order valence-corrected chi connectivity index (χ0v) is 18.8. The highest BCUT2D eigenvalue weighted by molar-refractivity contribution is 6.31. The Labute approximate surface area is 183 Å². The van der Waals surface area contributed by atoms with Crippen LogP contribution in [0.25, 0.3) is 0 Å².